The molecular weight excluding hydrogens is 601 g/mol. The molecule has 0 bridgehead atoms. The SMILES string of the molecule is CC1(C)OB(c2ccc(C3CC4CC5CC(c6ccc(-c7nc(-c8ccccc8)nc(-c8ccccc8)c7C#N)cc6)C453)cc2)OC1(C)C. The van der Waals surface area contributed by atoms with Gasteiger partial charge in [0.1, 0.15) is 11.6 Å². The second-order valence-electron chi connectivity index (χ2n) is 15.5. The first-order valence-electron chi connectivity index (χ1n) is 17.7. The molecule has 6 heteroatoms. The highest BCUT2D eigenvalue weighted by Gasteiger charge is 2.75. The van der Waals surface area contributed by atoms with E-state index in [0.29, 0.717) is 40.0 Å². The zero-order valence-corrected chi connectivity index (χ0v) is 28.6. The van der Waals surface area contributed by atoms with Crippen LogP contribution in [0.5, 0.6) is 0 Å². The summed E-state index contributed by atoms with van der Waals surface area (Å²) < 4.78 is 12.7. The van der Waals surface area contributed by atoms with Gasteiger partial charge in [-0.05, 0) is 92.6 Å². The van der Waals surface area contributed by atoms with Gasteiger partial charge in [-0.3, -0.25) is 0 Å². The first-order chi connectivity index (χ1) is 23.7. The van der Waals surface area contributed by atoms with Gasteiger partial charge in [0.15, 0.2) is 5.82 Å². The van der Waals surface area contributed by atoms with Crippen LogP contribution in [0.1, 0.15) is 75.5 Å². The molecule has 2 heterocycles. The molecule has 4 aromatic carbocycles. The molecule has 0 radical (unpaired) electrons. The van der Waals surface area contributed by atoms with Crippen LogP contribution in [0, 0.1) is 28.6 Å². The number of nitrogens with zero attached hydrogens (tertiary/aromatic N) is 3. The number of hydrogen-bond donors (Lipinski definition) is 0. The van der Waals surface area contributed by atoms with E-state index >= 15 is 0 Å². The zero-order valence-electron chi connectivity index (χ0n) is 28.6. The Morgan fingerprint density at radius 1 is 0.612 bits per heavy atom. The van der Waals surface area contributed by atoms with Crippen LogP contribution in [-0.4, -0.2) is 28.3 Å². The fourth-order valence-corrected chi connectivity index (χ4v) is 9.45. The van der Waals surface area contributed by atoms with Crippen molar-refractivity contribution in [3.05, 3.63) is 126 Å². The number of benzene rings is 4. The molecule has 0 N–H and O–H groups in total. The average Bonchev–Trinajstić information content (AvgIpc) is 3.33. The second-order valence-corrected chi connectivity index (χ2v) is 15.5. The number of rotatable bonds is 6. The smallest absolute Gasteiger partial charge is 0.399 e. The maximum Gasteiger partial charge on any atom is 0.494 e. The first-order valence-corrected chi connectivity index (χ1v) is 17.7. The van der Waals surface area contributed by atoms with Gasteiger partial charge in [-0.1, -0.05) is 109 Å². The summed E-state index contributed by atoms with van der Waals surface area (Å²) in [5.74, 6) is 3.36. The van der Waals surface area contributed by atoms with Crippen LogP contribution in [0.3, 0.4) is 0 Å². The van der Waals surface area contributed by atoms with Gasteiger partial charge in [0.05, 0.1) is 22.6 Å². The largest absolute Gasteiger partial charge is 0.494 e. The molecule has 49 heavy (non-hydrogen) atoms. The van der Waals surface area contributed by atoms with Gasteiger partial charge in [0.2, 0.25) is 0 Å². The highest BCUT2D eigenvalue weighted by atomic mass is 16.7. The Kier molecular flexibility index (Phi) is 6.83. The molecule has 5 aromatic rings. The van der Waals surface area contributed by atoms with E-state index in [0.717, 1.165) is 34.0 Å². The Bertz CT molecular complexity index is 2070. The summed E-state index contributed by atoms with van der Waals surface area (Å²) in [4.78, 5) is 9.92. The van der Waals surface area contributed by atoms with E-state index in [1.54, 1.807) is 0 Å². The lowest BCUT2D eigenvalue weighted by Crippen LogP contribution is -2.70. The van der Waals surface area contributed by atoms with Crippen LogP contribution in [0.4, 0.5) is 0 Å². The van der Waals surface area contributed by atoms with Gasteiger partial charge in [-0.25, -0.2) is 9.97 Å². The predicted octanol–water partition coefficient (Wildman–Crippen LogP) is 8.95. The molecule has 5 atom stereocenters. The summed E-state index contributed by atoms with van der Waals surface area (Å²) in [7, 11) is -0.332. The fourth-order valence-electron chi connectivity index (χ4n) is 9.45. The number of hydrogen-bond acceptors (Lipinski definition) is 5. The minimum absolute atomic E-state index is 0.332. The monoisotopic (exact) mass is 641 g/mol. The fraction of sp³-hybridized carbons (Fsp3) is 0.326. The van der Waals surface area contributed by atoms with Crippen molar-refractivity contribution in [1.82, 2.24) is 9.97 Å². The highest BCUT2D eigenvalue weighted by Crippen LogP contribution is 2.84. The number of aromatic nitrogens is 2. The van der Waals surface area contributed by atoms with Crippen LogP contribution >= 0.6 is 0 Å². The second kappa shape index (κ2) is 11.0. The van der Waals surface area contributed by atoms with Crippen molar-refractivity contribution in [3.63, 3.8) is 0 Å². The Morgan fingerprint density at radius 2 is 1.08 bits per heavy atom. The van der Waals surface area contributed by atoms with E-state index in [-0.39, 0.29) is 18.3 Å². The maximum atomic E-state index is 10.4. The Balaban J connectivity index is 1.01. The van der Waals surface area contributed by atoms with Crippen LogP contribution in [0.25, 0.3) is 33.9 Å². The zero-order chi connectivity index (χ0) is 33.5. The minimum Gasteiger partial charge on any atom is -0.399 e. The summed E-state index contributed by atoms with van der Waals surface area (Å²) in [6, 6.07) is 40.5. The molecule has 1 spiro atoms. The van der Waals surface area contributed by atoms with Gasteiger partial charge in [0, 0.05) is 16.7 Å². The molecule has 242 valence electrons. The van der Waals surface area contributed by atoms with E-state index in [1.807, 2.05) is 60.7 Å². The van der Waals surface area contributed by atoms with Crippen molar-refractivity contribution in [2.75, 3.05) is 0 Å². The van der Waals surface area contributed by atoms with Crippen LogP contribution in [0.2, 0.25) is 0 Å². The van der Waals surface area contributed by atoms with Crippen LogP contribution in [-0.2, 0) is 9.31 Å². The lowest BCUT2D eigenvalue weighted by Gasteiger charge is -2.79. The van der Waals surface area contributed by atoms with Gasteiger partial charge in [0.25, 0.3) is 0 Å². The average molecular weight is 642 g/mol. The molecule has 9 rings (SSSR count). The van der Waals surface area contributed by atoms with Crippen molar-refractivity contribution < 1.29 is 9.31 Å². The van der Waals surface area contributed by atoms with Crippen molar-refractivity contribution in [2.24, 2.45) is 17.3 Å². The van der Waals surface area contributed by atoms with Crippen molar-refractivity contribution in [3.8, 4) is 40.0 Å². The molecule has 1 aromatic heterocycles. The molecule has 3 saturated carbocycles. The molecule has 1 aliphatic heterocycles. The van der Waals surface area contributed by atoms with Gasteiger partial charge in [-0.2, -0.15) is 5.26 Å². The third-order valence-corrected chi connectivity index (χ3v) is 12.8. The Labute approximate surface area is 289 Å². The normalized spacial score (nSPS) is 27.1. The van der Waals surface area contributed by atoms with Gasteiger partial charge >= 0.3 is 7.12 Å². The molecule has 5 unspecified atom stereocenters. The summed E-state index contributed by atoms with van der Waals surface area (Å²) in [5, 5.41) is 10.4. The summed E-state index contributed by atoms with van der Waals surface area (Å²) in [6.07, 6.45) is 3.90. The van der Waals surface area contributed by atoms with Gasteiger partial charge < -0.3 is 9.31 Å². The van der Waals surface area contributed by atoms with Crippen LogP contribution in [0.15, 0.2) is 109 Å². The molecule has 1 saturated heterocycles. The van der Waals surface area contributed by atoms with E-state index < -0.39 is 0 Å². The Hall–Kier alpha value is -4.57. The van der Waals surface area contributed by atoms with Gasteiger partial charge in [-0.15, -0.1) is 0 Å². The van der Waals surface area contributed by atoms with E-state index in [2.05, 4.69) is 82.3 Å². The molecule has 5 nitrogen and oxygen atoms in total. The molecule has 4 fully saturated rings. The third-order valence-electron chi connectivity index (χ3n) is 12.8. The first kappa shape index (κ1) is 30.5. The lowest BCUT2D eigenvalue weighted by atomic mass is 9.25. The lowest BCUT2D eigenvalue weighted by molar-refractivity contribution is -0.253. The van der Waals surface area contributed by atoms with Crippen molar-refractivity contribution >= 4 is 12.6 Å². The maximum absolute atomic E-state index is 10.4. The summed E-state index contributed by atoms with van der Waals surface area (Å²) in [5.41, 5.74) is 8.24. The van der Waals surface area contributed by atoms with Crippen molar-refractivity contribution in [2.45, 2.75) is 70.0 Å². The topological polar surface area (TPSA) is 68.0 Å². The molecule has 4 aliphatic rings. The molecule has 3 aliphatic carbocycles. The predicted molar refractivity (Wildman–Crippen MR) is 194 cm³/mol. The summed E-state index contributed by atoms with van der Waals surface area (Å²) >= 11 is 0. The molecule has 0 amide bonds. The van der Waals surface area contributed by atoms with E-state index in [9.17, 15) is 5.26 Å². The highest BCUT2D eigenvalue weighted by molar-refractivity contribution is 6.62. The van der Waals surface area contributed by atoms with Crippen LogP contribution < -0.4 is 5.46 Å². The van der Waals surface area contributed by atoms with E-state index in [4.69, 9.17) is 19.3 Å². The minimum atomic E-state index is -0.345. The number of nitriles is 1. The third kappa shape index (κ3) is 4.52. The van der Waals surface area contributed by atoms with E-state index in [1.165, 1.54) is 30.4 Å². The summed E-state index contributed by atoms with van der Waals surface area (Å²) in [6.45, 7) is 8.42. The molecular formula is C43H40BN3O2. The Morgan fingerprint density at radius 3 is 1.57 bits per heavy atom. The quantitative estimate of drug-likeness (QED) is 0.173. The standard InChI is InChI=1S/C43H40BN3O2/c1-41(2)42(3,4)49-44(48-41)34-21-19-28(20-22-34)37-25-33-23-32-24-36(43(32,33)37)27-15-17-30(18-16-27)39-35(26-45)38(29-11-7-5-8-12-29)46-40(47-39)31-13-9-6-10-14-31/h5-22,32-33,36-37H,23-25H2,1-4H3. The van der Waals surface area contributed by atoms with Crippen molar-refractivity contribution in [1.29, 1.82) is 5.26 Å².